The maximum atomic E-state index is 10.5. The van der Waals surface area contributed by atoms with Crippen molar-refractivity contribution in [1.29, 1.82) is 0 Å². The Bertz CT molecular complexity index is 94.2. The number of carbonyl (C=O) groups excluding carboxylic acids is 1. The number of esters is 1. The predicted molar refractivity (Wildman–Crippen MR) is 32.9 cm³/mol. The summed E-state index contributed by atoms with van der Waals surface area (Å²) in [5, 5.41) is 0. The molecule has 0 aromatic heterocycles. The molecule has 3 nitrogen and oxygen atoms in total. The minimum atomic E-state index is -0.662. The number of carbonyl (C=O) groups is 1. The SMILES string of the molecule is [B]O[C@@H](C)C(=O)OCC. The van der Waals surface area contributed by atoms with E-state index in [0.29, 0.717) is 6.61 Å². The minimum absolute atomic E-state index is 0.354. The van der Waals surface area contributed by atoms with Crippen LogP contribution in [0.15, 0.2) is 0 Å². The van der Waals surface area contributed by atoms with Crippen molar-refractivity contribution in [2.45, 2.75) is 20.0 Å². The number of rotatable bonds is 3. The standard InChI is InChI=1S/C5H9BO3/c1-3-8-5(7)4(2)9-6/h4H,3H2,1-2H3/t4-/m0/s1. The van der Waals surface area contributed by atoms with Gasteiger partial charge in [-0.3, -0.25) is 0 Å². The van der Waals surface area contributed by atoms with Crippen molar-refractivity contribution in [3.63, 3.8) is 0 Å². The summed E-state index contributed by atoms with van der Waals surface area (Å²) in [6.07, 6.45) is -0.662. The zero-order valence-corrected chi connectivity index (χ0v) is 5.59. The van der Waals surface area contributed by atoms with Crippen LogP contribution in [0.1, 0.15) is 13.8 Å². The first-order valence-corrected chi connectivity index (χ1v) is 2.74. The normalized spacial score (nSPS) is 12.7. The Kier molecular flexibility index (Phi) is 4.14. The second-order valence-corrected chi connectivity index (χ2v) is 1.53. The fraction of sp³-hybridized carbons (Fsp3) is 0.800. The fourth-order valence-electron chi connectivity index (χ4n) is 0.315. The van der Waals surface area contributed by atoms with Gasteiger partial charge in [-0.2, -0.15) is 0 Å². The number of hydrogen-bond donors (Lipinski definition) is 0. The van der Waals surface area contributed by atoms with Crippen LogP contribution < -0.4 is 0 Å². The van der Waals surface area contributed by atoms with Crippen molar-refractivity contribution in [1.82, 2.24) is 0 Å². The third-order valence-corrected chi connectivity index (χ3v) is 0.823. The molecule has 0 aromatic carbocycles. The maximum Gasteiger partial charge on any atom is 0.333 e. The molecule has 0 aromatic rings. The Balaban J connectivity index is 3.46. The average molecular weight is 128 g/mol. The summed E-state index contributed by atoms with van der Waals surface area (Å²) in [6.45, 7) is 3.60. The van der Waals surface area contributed by atoms with Gasteiger partial charge in [0.05, 0.1) is 6.61 Å². The monoisotopic (exact) mass is 128 g/mol. The van der Waals surface area contributed by atoms with E-state index >= 15 is 0 Å². The van der Waals surface area contributed by atoms with Gasteiger partial charge in [0.15, 0.2) is 0 Å². The van der Waals surface area contributed by atoms with E-state index in [1.54, 1.807) is 6.92 Å². The van der Waals surface area contributed by atoms with Crippen molar-refractivity contribution in [3.05, 3.63) is 0 Å². The number of ether oxygens (including phenoxy) is 1. The molecule has 0 saturated carbocycles. The topological polar surface area (TPSA) is 35.5 Å². The molecule has 0 spiro atoms. The molecule has 0 rings (SSSR count). The molecular weight excluding hydrogens is 119 g/mol. The summed E-state index contributed by atoms with van der Waals surface area (Å²) in [4.78, 5) is 10.5. The quantitative estimate of drug-likeness (QED) is 0.397. The van der Waals surface area contributed by atoms with Crippen molar-refractivity contribution in [3.8, 4) is 0 Å². The Morgan fingerprint density at radius 3 is 2.67 bits per heavy atom. The molecule has 4 heteroatoms. The van der Waals surface area contributed by atoms with Gasteiger partial charge in [-0.05, 0) is 13.8 Å². The molecule has 0 aliphatic rings. The third kappa shape index (κ3) is 3.14. The Labute approximate surface area is 55.8 Å². The molecule has 0 aliphatic heterocycles. The molecule has 9 heavy (non-hydrogen) atoms. The first-order chi connectivity index (χ1) is 4.22. The van der Waals surface area contributed by atoms with E-state index in [1.807, 2.05) is 0 Å². The molecule has 2 radical (unpaired) electrons. The molecule has 0 bridgehead atoms. The molecular formula is C5H9BO3. The van der Waals surface area contributed by atoms with E-state index in [2.05, 4.69) is 9.39 Å². The van der Waals surface area contributed by atoms with Crippen molar-refractivity contribution >= 4 is 14.0 Å². The lowest BCUT2D eigenvalue weighted by Crippen LogP contribution is -2.22. The van der Waals surface area contributed by atoms with Gasteiger partial charge in [0.25, 0.3) is 8.05 Å². The largest absolute Gasteiger partial charge is 0.464 e. The van der Waals surface area contributed by atoms with Crippen LogP contribution in [-0.2, 0) is 14.2 Å². The lowest BCUT2D eigenvalue weighted by atomic mass is 10.4. The van der Waals surface area contributed by atoms with Crippen LogP contribution in [0.5, 0.6) is 0 Å². The first kappa shape index (κ1) is 8.49. The van der Waals surface area contributed by atoms with Crippen LogP contribution in [0.3, 0.4) is 0 Å². The highest BCUT2D eigenvalue weighted by Gasteiger charge is 2.10. The van der Waals surface area contributed by atoms with Gasteiger partial charge < -0.3 is 9.39 Å². The van der Waals surface area contributed by atoms with Crippen molar-refractivity contribution in [2.24, 2.45) is 0 Å². The lowest BCUT2D eigenvalue weighted by Gasteiger charge is -2.07. The number of hydrogen-bond acceptors (Lipinski definition) is 3. The van der Waals surface area contributed by atoms with E-state index in [9.17, 15) is 4.79 Å². The highest BCUT2D eigenvalue weighted by Crippen LogP contribution is 1.90. The fourth-order valence-corrected chi connectivity index (χ4v) is 0.315. The highest BCUT2D eigenvalue weighted by atomic mass is 16.6. The van der Waals surface area contributed by atoms with Gasteiger partial charge in [-0.15, -0.1) is 0 Å². The zero-order chi connectivity index (χ0) is 7.28. The molecule has 0 saturated heterocycles. The highest BCUT2D eigenvalue weighted by molar-refractivity contribution is 5.99. The molecule has 0 N–H and O–H groups in total. The summed E-state index contributed by atoms with van der Waals surface area (Å²) < 4.78 is 8.74. The van der Waals surface area contributed by atoms with Gasteiger partial charge in [-0.1, -0.05) is 0 Å². The summed E-state index contributed by atoms with van der Waals surface area (Å²) in [7, 11) is 4.70. The van der Waals surface area contributed by atoms with E-state index in [1.165, 1.54) is 6.92 Å². The van der Waals surface area contributed by atoms with E-state index < -0.39 is 12.1 Å². The van der Waals surface area contributed by atoms with Gasteiger partial charge in [-0.25, -0.2) is 4.79 Å². The first-order valence-electron chi connectivity index (χ1n) is 2.74. The smallest absolute Gasteiger partial charge is 0.333 e. The molecule has 0 unspecified atom stereocenters. The van der Waals surface area contributed by atoms with E-state index in [4.69, 9.17) is 8.05 Å². The van der Waals surface area contributed by atoms with Crippen LogP contribution in [0.25, 0.3) is 0 Å². The second-order valence-electron chi connectivity index (χ2n) is 1.53. The predicted octanol–water partition coefficient (Wildman–Crippen LogP) is 0.0381. The molecule has 0 aliphatic carbocycles. The molecule has 50 valence electrons. The average Bonchev–Trinajstić information content (AvgIpc) is 1.87. The van der Waals surface area contributed by atoms with Crippen LogP contribution in [0.2, 0.25) is 0 Å². The van der Waals surface area contributed by atoms with Crippen LogP contribution >= 0.6 is 0 Å². The van der Waals surface area contributed by atoms with Gasteiger partial charge in [0.2, 0.25) is 0 Å². The van der Waals surface area contributed by atoms with Crippen molar-refractivity contribution < 1.29 is 14.2 Å². The summed E-state index contributed by atoms with van der Waals surface area (Å²) in [5.41, 5.74) is 0. The molecule has 0 amide bonds. The van der Waals surface area contributed by atoms with Crippen LogP contribution in [0.4, 0.5) is 0 Å². The maximum absolute atomic E-state index is 10.5. The van der Waals surface area contributed by atoms with Gasteiger partial charge in [0.1, 0.15) is 6.10 Å². The summed E-state index contributed by atoms with van der Waals surface area (Å²) in [6, 6.07) is 0. The lowest BCUT2D eigenvalue weighted by molar-refractivity contribution is -0.150. The van der Waals surface area contributed by atoms with Gasteiger partial charge >= 0.3 is 5.97 Å². The van der Waals surface area contributed by atoms with E-state index in [-0.39, 0.29) is 0 Å². The Hall–Kier alpha value is -0.505. The van der Waals surface area contributed by atoms with Crippen LogP contribution in [0, 0.1) is 0 Å². The van der Waals surface area contributed by atoms with E-state index in [0.717, 1.165) is 0 Å². The third-order valence-electron chi connectivity index (χ3n) is 0.823. The summed E-state index contributed by atoms with van der Waals surface area (Å²) >= 11 is 0. The molecule has 1 atom stereocenters. The summed E-state index contributed by atoms with van der Waals surface area (Å²) in [5.74, 6) is -0.431. The van der Waals surface area contributed by atoms with Crippen LogP contribution in [-0.4, -0.2) is 26.7 Å². The van der Waals surface area contributed by atoms with Crippen molar-refractivity contribution in [2.75, 3.05) is 6.61 Å². The molecule has 0 fully saturated rings. The Morgan fingerprint density at radius 1 is 1.78 bits per heavy atom. The minimum Gasteiger partial charge on any atom is -0.464 e. The van der Waals surface area contributed by atoms with Gasteiger partial charge in [0, 0.05) is 0 Å². The zero-order valence-electron chi connectivity index (χ0n) is 5.59. The molecule has 0 heterocycles. The Morgan fingerprint density at radius 2 is 2.33 bits per heavy atom. The second kappa shape index (κ2) is 4.38.